The summed E-state index contributed by atoms with van der Waals surface area (Å²) in [6.45, 7) is 1.27. The quantitative estimate of drug-likeness (QED) is 0.597. The molecule has 10 heteroatoms. The molecule has 0 saturated heterocycles. The highest BCUT2D eigenvalue weighted by Crippen LogP contribution is 2.29. The van der Waals surface area contributed by atoms with Crippen LogP contribution in [0.3, 0.4) is 0 Å². The summed E-state index contributed by atoms with van der Waals surface area (Å²) in [4.78, 5) is 13.5. The van der Waals surface area contributed by atoms with Gasteiger partial charge >= 0.3 is 0 Å². The lowest BCUT2D eigenvalue weighted by atomic mass is 10.3. The number of ether oxygens (including phenoxy) is 2. The van der Waals surface area contributed by atoms with Crippen molar-refractivity contribution in [1.82, 2.24) is 14.9 Å². The molecule has 0 fully saturated rings. The molecule has 1 aromatic carbocycles. The topological polar surface area (TPSA) is 97.0 Å². The number of likely N-dealkylation sites (N-methyl/N-ethyl adjacent to an activating group) is 2. The van der Waals surface area contributed by atoms with E-state index in [1.165, 1.54) is 32.4 Å². The first-order chi connectivity index (χ1) is 11.4. The molecule has 1 amide bonds. The van der Waals surface area contributed by atoms with Crippen molar-refractivity contribution in [3.05, 3.63) is 18.2 Å². The Labute approximate surface area is 155 Å². The Balaban J connectivity index is 0.00000576. The number of carbonyl (C=O) groups excluding carboxylic acids is 1. The summed E-state index contributed by atoms with van der Waals surface area (Å²) in [7, 11) is 2.66. The number of sulfonamides is 1. The van der Waals surface area contributed by atoms with E-state index < -0.39 is 10.0 Å². The molecule has 2 N–H and O–H groups in total. The van der Waals surface area contributed by atoms with Crippen LogP contribution in [0.2, 0.25) is 0 Å². The number of hydrogen-bond acceptors (Lipinski definition) is 6. The normalized spacial score (nSPS) is 10.7. The molecule has 0 aliphatic rings. The van der Waals surface area contributed by atoms with Crippen LogP contribution < -0.4 is 19.5 Å². The zero-order valence-corrected chi connectivity index (χ0v) is 16.5. The van der Waals surface area contributed by atoms with E-state index >= 15 is 0 Å². The first-order valence-electron chi connectivity index (χ1n) is 7.46. The second-order valence-corrected chi connectivity index (χ2v) is 6.85. The Morgan fingerprint density at radius 2 is 1.80 bits per heavy atom. The minimum atomic E-state index is -3.72. The number of amides is 1. The fourth-order valence-electron chi connectivity index (χ4n) is 1.95. The number of hydrogen-bond donors (Lipinski definition) is 2. The van der Waals surface area contributed by atoms with Crippen molar-refractivity contribution in [2.24, 2.45) is 0 Å². The molecule has 0 heterocycles. The second-order valence-electron chi connectivity index (χ2n) is 5.08. The molecule has 0 bridgehead atoms. The summed E-state index contributed by atoms with van der Waals surface area (Å²) in [6.07, 6.45) is 0.0900. The Morgan fingerprint density at radius 3 is 2.36 bits per heavy atom. The average Bonchev–Trinajstić information content (AvgIpc) is 2.58. The van der Waals surface area contributed by atoms with Gasteiger partial charge in [-0.2, -0.15) is 0 Å². The third-order valence-corrected chi connectivity index (χ3v) is 4.88. The van der Waals surface area contributed by atoms with Crippen molar-refractivity contribution in [2.75, 3.05) is 47.9 Å². The third kappa shape index (κ3) is 7.07. The van der Waals surface area contributed by atoms with Gasteiger partial charge in [0.2, 0.25) is 15.9 Å². The van der Waals surface area contributed by atoms with Crippen LogP contribution in [0.5, 0.6) is 11.5 Å². The van der Waals surface area contributed by atoms with E-state index in [4.69, 9.17) is 9.47 Å². The lowest BCUT2D eigenvalue weighted by Crippen LogP contribution is -2.35. The van der Waals surface area contributed by atoms with Gasteiger partial charge in [-0.15, -0.1) is 12.4 Å². The highest BCUT2D eigenvalue weighted by atomic mass is 35.5. The van der Waals surface area contributed by atoms with E-state index in [0.717, 1.165) is 0 Å². The smallest absolute Gasteiger partial charge is 0.240 e. The third-order valence-electron chi connectivity index (χ3n) is 3.42. The molecule has 144 valence electrons. The zero-order chi connectivity index (χ0) is 18.2. The highest BCUT2D eigenvalue weighted by molar-refractivity contribution is 7.89. The van der Waals surface area contributed by atoms with Gasteiger partial charge in [0.15, 0.2) is 11.5 Å². The average molecular weight is 396 g/mol. The molecule has 1 aromatic rings. The summed E-state index contributed by atoms with van der Waals surface area (Å²) in [6, 6.07) is 4.32. The molecule has 0 aliphatic heterocycles. The van der Waals surface area contributed by atoms with E-state index in [1.807, 2.05) is 0 Å². The highest BCUT2D eigenvalue weighted by Gasteiger charge is 2.17. The summed E-state index contributed by atoms with van der Waals surface area (Å²) in [5.41, 5.74) is 0. The molecule has 0 saturated carbocycles. The predicted molar refractivity (Wildman–Crippen MR) is 98.2 cm³/mol. The molecule has 0 atom stereocenters. The predicted octanol–water partition coefficient (Wildman–Crippen LogP) is 0.472. The molecule has 0 aromatic heterocycles. The Bertz CT molecular complexity index is 655. The number of carbonyl (C=O) groups is 1. The van der Waals surface area contributed by atoms with E-state index in [9.17, 15) is 13.2 Å². The van der Waals surface area contributed by atoms with Crippen LogP contribution >= 0.6 is 12.4 Å². The maximum Gasteiger partial charge on any atom is 0.240 e. The van der Waals surface area contributed by atoms with Crippen molar-refractivity contribution in [3.63, 3.8) is 0 Å². The van der Waals surface area contributed by atoms with Crippen LogP contribution in [-0.2, 0) is 14.8 Å². The molecule has 0 radical (unpaired) electrons. The Morgan fingerprint density at radius 1 is 1.16 bits per heavy atom. The molecular formula is C15H26ClN3O5S. The lowest BCUT2D eigenvalue weighted by Gasteiger charge is -2.17. The SMILES string of the molecule is CNCCN(C)C(=O)CCNS(=O)(=O)c1ccc(OC)c(OC)c1.Cl. The van der Waals surface area contributed by atoms with Gasteiger partial charge < -0.3 is 19.7 Å². The minimum absolute atomic E-state index is 0. The van der Waals surface area contributed by atoms with Gasteiger partial charge in [-0.05, 0) is 19.2 Å². The van der Waals surface area contributed by atoms with Crippen LogP contribution in [0.25, 0.3) is 0 Å². The van der Waals surface area contributed by atoms with Crippen LogP contribution in [-0.4, -0.2) is 67.2 Å². The van der Waals surface area contributed by atoms with E-state index in [0.29, 0.717) is 24.6 Å². The Kier molecular flexibility index (Phi) is 10.4. The van der Waals surface area contributed by atoms with Crippen molar-refractivity contribution >= 4 is 28.3 Å². The summed E-state index contributed by atoms with van der Waals surface area (Å²) < 4.78 is 37.2. The van der Waals surface area contributed by atoms with Gasteiger partial charge in [0.05, 0.1) is 19.1 Å². The van der Waals surface area contributed by atoms with E-state index in [-0.39, 0.29) is 36.2 Å². The minimum Gasteiger partial charge on any atom is -0.493 e. The zero-order valence-electron chi connectivity index (χ0n) is 14.9. The van der Waals surface area contributed by atoms with Gasteiger partial charge in [-0.25, -0.2) is 13.1 Å². The number of benzene rings is 1. The molecular weight excluding hydrogens is 370 g/mol. The van der Waals surface area contributed by atoms with Gasteiger partial charge in [-0.3, -0.25) is 4.79 Å². The molecule has 0 aliphatic carbocycles. The van der Waals surface area contributed by atoms with Crippen LogP contribution in [0.1, 0.15) is 6.42 Å². The number of nitrogens with zero attached hydrogens (tertiary/aromatic N) is 1. The van der Waals surface area contributed by atoms with Gasteiger partial charge in [0.1, 0.15) is 0 Å². The van der Waals surface area contributed by atoms with Crippen molar-refractivity contribution < 1.29 is 22.7 Å². The second kappa shape index (κ2) is 11.1. The first-order valence-corrected chi connectivity index (χ1v) is 8.94. The van der Waals surface area contributed by atoms with Gasteiger partial charge in [0.25, 0.3) is 0 Å². The maximum atomic E-state index is 12.3. The molecule has 0 spiro atoms. The number of rotatable bonds is 10. The standard InChI is InChI=1S/C15H25N3O5S.ClH/c1-16-9-10-18(2)15(19)7-8-17-24(20,21)12-5-6-13(22-3)14(11-12)23-4;/h5-6,11,16-17H,7-10H2,1-4H3;1H. The molecule has 0 unspecified atom stereocenters. The summed E-state index contributed by atoms with van der Waals surface area (Å²) in [5, 5.41) is 2.95. The van der Waals surface area contributed by atoms with Crippen LogP contribution in [0.4, 0.5) is 0 Å². The van der Waals surface area contributed by atoms with Gasteiger partial charge in [0, 0.05) is 39.2 Å². The number of nitrogens with one attached hydrogen (secondary N) is 2. The fraction of sp³-hybridized carbons (Fsp3) is 0.533. The van der Waals surface area contributed by atoms with Crippen molar-refractivity contribution in [2.45, 2.75) is 11.3 Å². The molecule has 25 heavy (non-hydrogen) atoms. The van der Waals surface area contributed by atoms with Gasteiger partial charge in [-0.1, -0.05) is 0 Å². The first kappa shape index (κ1) is 23.4. The van der Waals surface area contributed by atoms with Crippen LogP contribution in [0.15, 0.2) is 23.1 Å². The summed E-state index contributed by atoms with van der Waals surface area (Å²) >= 11 is 0. The van der Waals surface area contributed by atoms with Crippen molar-refractivity contribution in [1.29, 1.82) is 0 Å². The maximum absolute atomic E-state index is 12.3. The largest absolute Gasteiger partial charge is 0.493 e. The van der Waals surface area contributed by atoms with E-state index in [1.54, 1.807) is 19.0 Å². The number of halogens is 1. The van der Waals surface area contributed by atoms with Crippen LogP contribution in [0, 0.1) is 0 Å². The number of methoxy groups -OCH3 is 2. The summed E-state index contributed by atoms with van der Waals surface area (Å²) in [5.74, 6) is 0.640. The molecule has 8 nitrogen and oxygen atoms in total. The lowest BCUT2D eigenvalue weighted by molar-refractivity contribution is -0.129. The monoisotopic (exact) mass is 395 g/mol. The fourth-order valence-corrected chi connectivity index (χ4v) is 3.00. The van der Waals surface area contributed by atoms with E-state index in [2.05, 4.69) is 10.0 Å². The Hall–Kier alpha value is -1.55. The van der Waals surface area contributed by atoms with Crippen molar-refractivity contribution in [3.8, 4) is 11.5 Å². The molecule has 1 rings (SSSR count).